The molecule has 0 aromatic heterocycles. The van der Waals surface area contributed by atoms with Crippen molar-refractivity contribution in [1.29, 1.82) is 0 Å². The van der Waals surface area contributed by atoms with Gasteiger partial charge in [-0.25, -0.2) is 0 Å². The molecule has 12 heavy (non-hydrogen) atoms. The molecule has 1 rings (SSSR count). The maximum atomic E-state index is 10.4. The molecule has 1 nitrogen and oxygen atoms in total. The van der Waals surface area contributed by atoms with Crippen molar-refractivity contribution in [3.05, 3.63) is 12.2 Å². The highest BCUT2D eigenvalue weighted by Crippen LogP contribution is 2.46. The number of carbonyl (C=O) groups excluding carboxylic acids is 1. The monoisotopic (exact) mass is 245 g/mol. The molecule has 1 atom stereocenters. The van der Waals surface area contributed by atoms with Crippen LogP contribution in [0.2, 0.25) is 0 Å². The van der Waals surface area contributed by atoms with Gasteiger partial charge in [0.15, 0.2) is 0 Å². The van der Waals surface area contributed by atoms with Gasteiger partial charge in [-0.05, 0) is 0 Å². The van der Waals surface area contributed by atoms with Crippen LogP contribution in [0.4, 0.5) is 0 Å². The highest BCUT2D eigenvalue weighted by molar-refractivity contribution is 6.54. The van der Waals surface area contributed by atoms with Gasteiger partial charge in [-0.15, -0.1) is 23.2 Å². The fraction of sp³-hybridized carbons (Fsp3) is 0.571. The zero-order valence-electron chi connectivity index (χ0n) is 5.86. The Balaban J connectivity index is 2.92. The summed E-state index contributed by atoms with van der Waals surface area (Å²) in [5.74, 6) is -0.661. The summed E-state index contributed by atoms with van der Waals surface area (Å²) in [5, 5.41) is 0. The molecule has 0 aliphatic heterocycles. The second-order valence-corrected chi connectivity index (χ2v) is 5.74. The predicted octanol–water partition coefficient (Wildman–Crippen LogP) is 3.02. The molecular formula is C7H5Cl4O. The molecular weight excluding hydrogens is 242 g/mol. The molecule has 5 heteroatoms. The van der Waals surface area contributed by atoms with E-state index in [0.717, 1.165) is 0 Å². The molecule has 1 radical (unpaired) electrons. The number of halogens is 4. The van der Waals surface area contributed by atoms with E-state index in [4.69, 9.17) is 46.4 Å². The van der Waals surface area contributed by atoms with Crippen molar-refractivity contribution in [3.8, 4) is 0 Å². The first-order valence-electron chi connectivity index (χ1n) is 3.20. The average Bonchev–Trinajstić information content (AvgIpc) is 1.83. The zero-order valence-corrected chi connectivity index (χ0v) is 8.88. The van der Waals surface area contributed by atoms with E-state index in [2.05, 4.69) is 0 Å². The molecule has 0 aromatic carbocycles. The van der Waals surface area contributed by atoms with E-state index >= 15 is 0 Å². The second kappa shape index (κ2) is 3.38. The molecule has 0 saturated heterocycles. The fourth-order valence-electron chi connectivity index (χ4n) is 0.986. The molecule has 1 aliphatic carbocycles. The molecule has 0 heterocycles. The maximum Gasteiger partial charge on any atom is 0.208 e. The van der Waals surface area contributed by atoms with Crippen LogP contribution >= 0.6 is 46.4 Å². The summed E-state index contributed by atoms with van der Waals surface area (Å²) in [6.45, 7) is 0. The van der Waals surface area contributed by atoms with E-state index < -0.39 is 14.6 Å². The Morgan fingerprint density at radius 3 is 2.33 bits per heavy atom. The molecule has 0 fully saturated rings. The molecule has 0 bridgehead atoms. The average molecular weight is 247 g/mol. The van der Waals surface area contributed by atoms with Crippen molar-refractivity contribution in [3.63, 3.8) is 0 Å². The van der Waals surface area contributed by atoms with Crippen molar-refractivity contribution < 1.29 is 4.79 Å². The van der Waals surface area contributed by atoms with E-state index in [1.165, 1.54) is 12.2 Å². The van der Waals surface area contributed by atoms with E-state index in [-0.39, 0.29) is 6.42 Å². The van der Waals surface area contributed by atoms with Gasteiger partial charge in [-0.2, -0.15) is 0 Å². The van der Waals surface area contributed by atoms with Crippen LogP contribution in [0.25, 0.3) is 0 Å². The van der Waals surface area contributed by atoms with Crippen molar-refractivity contribution in [2.75, 3.05) is 0 Å². The Morgan fingerprint density at radius 1 is 1.33 bits per heavy atom. The van der Waals surface area contributed by atoms with Gasteiger partial charge in [0.25, 0.3) is 0 Å². The van der Waals surface area contributed by atoms with Crippen LogP contribution in [0.5, 0.6) is 0 Å². The van der Waals surface area contributed by atoms with Gasteiger partial charge in [0.2, 0.25) is 6.29 Å². The summed E-state index contributed by atoms with van der Waals surface area (Å²) in [6.07, 6.45) is 4.79. The maximum absolute atomic E-state index is 10.4. The van der Waals surface area contributed by atoms with E-state index in [1.807, 2.05) is 0 Å². The Bertz CT molecular complexity index is 221. The Morgan fingerprint density at radius 2 is 1.92 bits per heavy atom. The van der Waals surface area contributed by atoms with E-state index in [1.54, 1.807) is 6.29 Å². The van der Waals surface area contributed by atoms with E-state index in [9.17, 15) is 4.79 Å². The lowest BCUT2D eigenvalue weighted by Gasteiger charge is -2.32. The smallest absolute Gasteiger partial charge is 0.208 e. The van der Waals surface area contributed by atoms with Gasteiger partial charge in [0.1, 0.15) is 8.67 Å². The number of hydrogen-bond acceptors (Lipinski definition) is 1. The SMILES string of the molecule is O=[C]C1C=CC(Cl)(Cl)CC1(Cl)Cl. The van der Waals surface area contributed by atoms with Crippen LogP contribution in [0.3, 0.4) is 0 Å². The number of allylic oxidation sites excluding steroid dienone is 2. The number of hydrogen-bond donors (Lipinski definition) is 0. The lowest BCUT2D eigenvalue weighted by molar-refractivity contribution is 0.507. The van der Waals surface area contributed by atoms with Crippen LogP contribution in [0.15, 0.2) is 12.2 Å². The van der Waals surface area contributed by atoms with Gasteiger partial charge in [0, 0.05) is 6.42 Å². The third kappa shape index (κ3) is 2.29. The van der Waals surface area contributed by atoms with Gasteiger partial charge in [-0.1, -0.05) is 35.4 Å². The van der Waals surface area contributed by atoms with Crippen molar-refractivity contribution in [2.45, 2.75) is 15.1 Å². The van der Waals surface area contributed by atoms with Crippen molar-refractivity contribution in [2.24, 2.45) is 5.92 Å². The third-order valence-electron chi connectivity index (χ3n) is 1.59. The summed E-state index contributed by atoms with van der Waals surface area (Å²) < 4.78 is -2.34. The van der Waals surface area contributed by atoms with Crippen LogP contribution in [-0.4, -0.2) is 15.0 Å². The minimum Gasteiger partial charge on any atom is -0.290 e. The molecule has 0 amide bonds. The molecule has 67 valence electrons. The van der Waals surface area contributed by atoms with Gasteiger partial charge in [0.05, 0.1) is 5.92 Å². The molecule has 0 N–H and O–H groups in total. The number of rotatable bonds is 1. The largest absolute Gasteiger partial charge is 0.290 e. The predicted molar refractivity (Wildman–Crippen MR) is 51.8 cm³/mol. The fourth-order valence-corrected chi connectivity index (χ4v) is 2.48. The molecule has 1 unspecified atom stereocenters. The second-order valence-electron chi connectivity index (χ2n) is 2.65. The summed E-state index contributed by atoms with van der Waals surface area (Å²) >= 11 is 23.1. The Hall–Kier alpha value is 0.570. The van der Waals surface area contributed by atoms with Crippen molar-refractivity contribution in [1.82, 2.24) is 0 Å². The summed E-state index contributed by atoms with van der Waals surface area (Å²) in [5.41, 5.74) is 0. The Kier molecular flexibility index (Phi) is 3.00. The minimum atomic E-state index is -1.25. The van der Waals surface area contributed by atoms with Crippen LogP contribution in [-0.2, 0) is 4.79 Å². The first kappa shape index (κ1) is 10.6. The summed E-state index contributed by atoms with van der Waals surface area (Å²) in [4.78, 5) is 10.4. The summed E-state index contributed by atoms with van der Waals surface area (Å²) in [7, 11) is 0. The van der Waals surface area contributed by atoms with Gasteiger partial charge in [-0.3, -0.25) is 4.79 Å². The first-order chi connectivity index (χ1) is 5.37. The van der Waals surface area contributed by atoms with Gasteiger partial charge >= 0.3 is 0 Å². The molecule has 0 aromatic rings. The van der Waals surface area contributed by atoms with Crippen LogP contribution in [0, 0.1) is 5.92 Å². The molecule has 1 aliphatic rings. The van der Waals surface area contributed by atoms with Crippen LogP contribution < -0.4 is 0 Å². The lowest BCUT2D eigenvalue weighted by Crippen LogP contribution is -2.35. The third-order valence-corrected chi connectivity index (χ3v) is 2.84. The zero-order chi connectivity index (χ0) is 9.41. The highest BCUT2D eigenvalue weighted by atomic mass is 35.5. The van der Waals surface area contributed by atoms with Crippen molar-refractivity contribution >= 4 is 52.7 Å². The topological polar surface area (TPSA) is 17.1 Å². The number of alkyl halides is 4. The lowest BCUT2D eigenvalue weighted by atomic mass is 9.95. The van der Waals surface area contributed by atoms with E-state index in [0.29, 0.717) is 0 Å². The molecule has 0 spiro atoms. The minimum absolute atomic E-state index is 0.114. The quantitative estimate of drug-likeness (QED) is 0.514. The van der Waals surface area contributed by atoms with Gasteiger partial charge < -0.3 is 0 Å². The summed E-state index contributed by atoms with van der Waals surface area (Å²) in [6, 6.07) is 0. The highest BCUT2D eigenvalue weighted by Gasteiger charge is 2.44. The Labute approximate surface area is 90.6 Å². The van der Waals surface area contributed by atoms with Crippen LogP contribution in [0.1, 0.15) is 6.42 Å². The normalized spacial score (nSPS) is 31.5. The standard InChI is InChI=1S/C7H5Cl4O/c8-6(9)2-1-5(3-12)7(10,11)4-6/h1-2,5H,4H2. The molecule has 0 saturated carbocycles. The first-order valence-corrected chi connectivity index (χ1v) is 4.71.